The summed E-state index contributed by atoms with van der Waals surface area (Å²) in [5, 5.41) is 18.9. The first kappa shape index (κ1) is 14.3. The number of phenolic OH excluding ortho intramolecular Hbond substituents is 2. The quantitative estimate of drug-likeness (QED) is 0.557. The van der Waals surface area contributed by atoms with E-state index >= 15 is 0 Å². The lowest BCUT2D eigenvalue weighted by Gasteiger charge is -2.08. The molecular weight excluding hydrogens is 240 g/mol. The van der Waals surface area contributed by atoms with Crippen molar-refractivity contribution in [1.82, 2.24) is 0 Å². The van der Waals surface area contributed by atoms with Crippen molar-refractivity contribution in [3.05, 3.63) is 23.8 Å². The molecule has 1 rings (SSSR count). The molecule has 0 saturated heterocycles. The Labute approximate surface area is 105 Å². The van der Waals surface area contributed by atoms with Gasteiger partial charge < -0.3 is 24.4 Å². The van der Waals surface area contributed by atoms with Gasteiger partial charge in [0.05, 0.1) is 19.8 Å². The van der Waals surface area contributed by atoms with Crippen LogP contribution in [0, 0.1) is 0 Å². The first-order valence-electron chi connectivity index (χ1n) is 5.41. The number of esters is 1. The molecule has 18 heavy (non-hydrogen) atoms. The molecule has 100 valence electrons. The van der Waals surface area contributed by atoms with E-state index < -0.39 is 5.97 Å². The van der Waals surface area contributed by atoms with Gasteiger partial charge in [0.15, 0.2) is 0 Å². The van der Waals surface area contributed by atoms with E-state index in [1.165, 1.54) is 18.2 Å². The fourth-order valence-corrected chi connectivity index (χ4v) is 1.25. The van der Waals surface area contributed by atoms with Crippen LogP contribution in [0.2, 0.25) is 0 Å². The van der Waals surface area contributed by atoms with Gasteiger partial charge in [-0.3, -0.25) is 0 Å². The highest BCUT2D eigenvalue weighted by atomic mass is 16.6. The smallest absolute Gasteiger partial charge is 0.345 e. The molecule has 0 saturated carbocycles. The van der Waals surface area contributed by atoms with Crippen molar-refractivity contribution in [2.75, 3.05) is 33.5 Å². The molecule has 0 aliphatic carbocycles. The molecule has 6 nitrogen and oxygen atoms in total. The Morgan fingerprint density at radius 1 is 1.11 bits per heavy atom. The summed E-state index contributed by atoms with van der Waals surface area (Å²) in [5.41, 5.74) is -0.241. The van der Waals surface area contributed by atoms with E-state index in [9.17, 15) is 15.0 Å². The van der Waals surface area contributed by atoms with E-state index in [4.69, 9.17) is 14.2 Å². The maximum absolute atomic E-state index is 11.6. The van der Waals surface area contributed by atoms with Crippen molar-refractivity contribution in [2.24, 2.45) is 0 Å². The Morgan fingerprint density at radius 2 is 1.72 bits per heavy atom. The fraction of sp³-hybridized carbons (Fsp3) is 0.417. The first-order valence-corrected chi connectivity index (χ1v) is 5.41. The zero-order valence-electron chi connectivity index (χ0n) is 10.1. The largest absolute Gasteiger partial charge is 0.507 e. The summed E-state index contributed by atoms with van der Waals surface area (Å²) >= 11 is 0. The number of hydrogen-bond donors (Lipinski definition) is 2. The predicted molar refractivity (Wildman–Crippen MR) is 62.7 cm³/mol. The molecule has 1 aromatic carbocycles. The average molecular weight is 256 g/mol. The van der Waals surface area contributed by atoms with Crippen LogP contribution >= 0.6 is 0 Å². The third-order valence-corrected chi connectivity index (χ3v) is 2.12. The summed E-state index contributed by atoms with van der Waals surface area (Å²) in [7, 11) is 1.56. The molecule has 0 heterocycles. The minimum Gasteiger partial charge on any atom is -0.507 e. The number of rotatable bonds is 7. The van der Waals surface area contributed by atoms with Crippen molar-refractivity contribution >= 4 is 5.97 Å². The summed E-state index contributed by atoms with van der Waals surface area (Å²) in [4.78, 5) is 11.6. The van der Waals surface area contributed by atoms with Crippen molar-refractivity contribution < 1.29 is 29.2 Å². The van der Waals surface area contributed by atoms with Crippen LogP contribution in [0.25, 0.3) is 0 Å². The van der Waals surface area contributed by atoms with Gasteiger partial charge in [-0.25, -0.2) is 4.79 Å². The average Bonchev–Trinajstić information content (AvgIpc) is 2.33. The minimum atomic E-state index is -0.791. The molecule has 2 N–H and O–H groups in total. The van der Waals surface area contributed by atoms with Crippen LogP contribution in [-0.4, -0.2) is 49.7 Å². The van der Waals surface area contributed by atoms with E-state index in [1.807, 2.05) is 0 Å². The molecule has 0 aromatic heterocycles. The molecule has 0 unspecified atom stereocenters. The minimum absolute atomic E-state index is 0.0380. The Hall–Kier alpha value is -1.79. The molecule has 0 aliphatic rings. The molecule has 0 spiro atoms. The van der Waals surface area contributed by atoms with Crippen molar-refractivity contribution in [2.45, 2.75) is 0 Å². The highest BCUT2D eigenvalue weighted by molar-refractivity contribution is 5.95. The fourth-order valence-electron chi connectivity index (χ4n) is 1.25. The lowest BCUT2D eigenvalue weighted by atomic mass is 10.2. The molecule has 0 aliphatic heterocycles. The van der Waals surface area contributed by atoms with Crippen molar-refractivity contribution in [1.29, 1.82) is 0 Å². The topological polar surface area (TPSA) is 85.2 Å². The van der Waals surface area contributed by atoms with Crippen LogP contribution in [0.15, 0.2) is 18.2 Å². The number of hydrogen-bond acceptors (Lipinski definition) is 6. The first-order chi connectivity index (χ1) is 8.66. The third kappa shape index (κ3) is 4.23. The maximum atomic E-state index is 11.6. The van der Waals surface area contributed by atoms with Gasteiger partial charge in [0.1, 0.15) is 23.7 Å². The molecule has 0 radical (unpaired) electrons. The Morgan fingerprint density at radius 3 is 2.33 bits per heavy atom. The van der Waals surface area contributed by atoms with Crippen LogP contribution < -0.4 is 0 Å². The number of benzene rings is 1. The molecule has 0 fully saturated rings. The van der Waals surface area contributed by atoms with E-state index in [-0.39, 0.29) is 30.3 Å². The zero-order chi connectivity index (χ0) is 13.4. The van der Waals surface area contributed by atoms with Crippen LogP contribution in [0.3, 0.4) is 0 Å². The van der Waals surface area contributed by atoms with Crippen LogP contribution in [-0.2, 0) is 14.2 Å². The highest BCUT2D eigenvalue weighted by Gasteiger charge is 2.17. The number of methoxy groups -OCH3 is 1. The second-order valence-electron chi connectivity index (χ2n) is 3.41. The number of carbonyl (C=O) groups is 1. The molecule has 6 heteroatoms. The summed E-state index contributed by atoms with van der Waals surface area (Å²) in [6, 6.07) is 4.02. The summed E-state index contributed by atoms with van der Waals surface area (Å²) in [6.07, 6.45) is 0. The van der Waals surface area contributed by atoms with E-state index in [1.54, 1.807) is 7.11 Å². The highest BCUT2D eigenvalue weighted by Crippen LogP contribution is 2.26. The van der Waals surface area contributed by atoms with Gasteiger partial charge in [-0.05, 0) is 12.1 Å². The van der Waals surface area contributed by atoms with Gasteiger partial charge >= 0.3 is 5.97 Å². The normalized spacial score (nSPS) is 10.3. The summed E-state index contributed by atoms with van der Waals surface area (Å²) < 4.78 is 14.7. The maximum Gasteiger partial charge on any atom is 0.345 e. The molecule has 0 atom stereocenters. The summed E-state index contributed by atoms with van der Waals surface area (Å²) in [6.45, 7) is 1.14. The summed E-state index contributed by atoms with van der Waals surface area (Å²) in [5.74, 6) is -1.43. The Kier molecular flexibility index (Phi) is 5.96. The second-order valence-corrected chi connectivity index (χ2v) is 3.41. The lowest BCUT2D eigenvalue weighted by Crippen LogP contribution is -2.12. The monoisotopic (exact) mass is 256 g/mol. The lowest BCUT2D eigenvalue weighted by molar-refractivity contribution is 0.0210. The van der Waals surface area contributed by atoms with Crippen molar-refractivity contribution in [3.63, 3.8) is 0 Å². The SMILES string of the molecule is COCCOCCOC(=O)c1c(O)cccc1O. The van der Waals surface area contributed by atoms with Crippen LogP contribution in [0.4, 0.5) is 0 Å². The second kappa shape index (κ2) is 7.52. The van der Waals surface area contributed by atoms with E-state index in [2.05, 4.69) is 0 Å². The molecule has 0 amide bonds. The molecule has 1 aromatic rings. The number of ether oxygens (including phenoxy) is 3. The molecular formula is C12H16O6. The zero-order valence-corrected chi connectivity index (χ0v) is 10.1. The Balaban J connectivity index is 2.37. The van der Waals surface area contributed by atoms with E-state index in [0.717, 1.165) is 0 Å². The van der Waals surface area contributed by atoms with Gasteiger partial charge in [0, 0.05) is 7.11 Å². The number of phenols is 2. The number of carbonyl (C=O) groups excluding carboxylic acids is 1. The van der Waals surface area contributed by atoms with Gasteiger partial charge in [0.25, 0.3) is 0 Å². The van der Waals surface area contributed by atoms with Gasteiger partial charge in [0.2, 0.25) is 0 Å². The molecule has 0 bridgehead atoms. The van der Waals surface area contributed by atoms with Crippen LogP contribution in [0.5, 0.6) is 11.5 Å². The van der Waals surface area contributed by atoms with Crippen molar-refractivity contribution in [3.8, 4) is 11.5 Å². The van der Waals surface area contributed by atoms with Gasteiger partial charge in [-0.2, -0.15) is 0 Å². The van der Waals surface area contributed by atoms with Gasteiger partial charge in [-0.1, -0.05) is 6.07 Å². The van der Waals surface area contributed by atoms with Crippen LogP contribution in [0.1, 0.15) is 10.4 Å². The number of aromatic hydroxyl groups is 2. The predicted octanol–water partition coefficient (Wildman–Crippen LogP) is 0.918. The standard InChI is InChI=1S/C12H16O6/c1-16-5-6-17-7-8-18-12(15)11-9(13)3-2-4-10(11)14/h2-4,13-14H,5-8H2,1H3. The van der Waals surface area contributed by atoms with Gasteiger partial charge in [-0.15, -0.1) is 0 Å². The van der Waals surface area contributed by atoms with E-state index in [0.29, 0.717) is 13.2 Å². The third-order valence-electron chi connectivity index (χ3n) is 2.12. The Bertz CT molecular complexity index is 370.